The van der Waals surface area contributed by atoms with Gasteiger partial charge in [-0.25, -0.2) is 18.2 Å². The Balaban J connectivity index is 0.00000561. The van der Waals surface area contributed by atoms with Gasteiger partial charge in [0.05, 0.1) is 12.8 Å². The van der Waals surface area contributed by atoms with Crippen LogP contribution in [0.4, 0.5) is 13.2 Å². The molecule has 0 radical (unpaired) electrons. The SMILES string of the molecule is CC(C)c1ccc(CCOc2ccc(CN3CCN(C(=O)C=Cc4ccc(Oc5ccc(OCc6cccc(F)c6F)cn5)c(F)c4)CC3)cc2)cc1.Cl. The highest BCUT2D eigenvalue weighted by Crippen LogP contribution is 2.26. The van der Waals surface area contributed by atoms with E-state index in [1.54, 1.807) is 17.0 Å². The molecule has 0 saturated carbocycles. The Morgan fingerprint density at radius 1 is 0.815 bits per heavy atom. The number of halogens is 4. The van der Waals surface area contributed by atoms with E-state index in [0.717, 1.165) is 37.9 Å². The molecular weight excluding hydrogens is 715 g/mol. The lowest BCUT2D eigenvalue weighted by Crippen LogP contribution is -2.47. The number of ether oxygens (including phenoxy) is 3. The molecule has 282 valence electrons. The zero-order chi connectivity index (χ0) is 37.2. The van der Waals surface area contributed by atoms with E-state index < -0.39 is 17.5 Å². The molecule has 0 bridgehead atoms. The largest absolute Gasteiger partial charge is 0.493 e. The van der Waals surface area contributed by atoms with Gasteiger partial charge in [-0.1, -0.05) is 68.4 Å². The van der Waals surface area contributed by atoms with Crippen molar-refractivity contribution in [2.45, 2.75) is 39.3 Å². The summed E-state index contributed by atoms with van der Waals surface area (Å²) in [4.78, 5) is 21.1. The van der Waals surface area contributed by atoms with Crippen LogP contribution in [-0.2, 0) is 24.4 Å². The van der Waals surface area contributed by atoms with Crippen LogP contribution >= 0.6 is 12.4 Å². The van der Waals surface area contributed by atoms with Crippen molar-refractivity contribution in [3.05, 3.63) is 155 Å². The van der Waals surface area contributed by atoms with Gasteiger partial charge < -0.3 is 19.1 Å². The van der Waals surface area contributed by atoms with E-state index in [4.69, 9.17) is 14.2 Å². The molecule has 5 aromatic rings. The van der Waals surface area contributed by atoms with Crippen molar-refractivity contribution in [3.8, 4) is 23.1 Å². The third-order valence-corrected chi connectivity index (χ3v) is 9.04. The molecule has 2 heterocycles. The Kier molecular flexibility index (Phi) is 14.1. The van der Waals surface area contributed by atoms with Crippen molar-refractivity contribution in [3.63, 3.8) is 0 Å². The van der Waals surface area contributed by atoms with Crippen LogP contribution in [0.15, 0.2) is 109 Å². The zero-order valence-electron chi connectivity index (χ0n) is 30.2. The van der Waals surface area contributed by atoms with Gasteiger partial charge in [0, 0.05) is 56.9 Å². The number of hydrogen-bond donors (Lipinski definition) is 0. The molecule has 11 heteroatoms. The first-order valence-electron chi connectivity index (χ1n) is 17.7. The monoisotopic (exact) mass is 757 g/mol. The molecule has 0 atom stereocenters. The molecule has 4 aromatic carbocycles. The minimum absolute atomic E-state index is 0. The van der Waals surface area contributed by atoms with Crippen LogP contribution in [0.2, 0.25) is 0 Å². The molecule has 0 spiro atoms. The Bertz CT molecular complexity index is 2000. The van der Waals surface area contributed by atoms with E-state index in [0.29, 0.717) is 36.9 Å². The summed E-state index contributed by atoms with van der Waals surface area (Å²) >= 11 is 0. The maximum Gasteiger partial charge on any atom is 0.246 e. The number of hydrogen-bond acceptors (Lipinski definition) is 6. The maximum absolute atomic E-state index is 14.9. The summed E-state index contributed by atoms with van der Waals surface area (Å²) in [7, 11) is 0. The second-order valence-electron chi connectivity index (χ2n) is 13.2. The first-order chi connectivity index (χ1) is 25.7. The maximum atomic E-state index is 14.9. The van der Waals surface area contributed by atoms with Crippen LogP contribution in [0.25, 0.3) is 6.08 Å². The number of rotatable bonds is 14. The van der Waals surface area contributed by atoms with Crippen molar-refractivity contribution in [1.29, 1.82) is 0 Å². The molecule has 1 saturated heterocycles. The van der Waals surface area contributed by atoms with Gasteiger partial charge in [-0.3, -0.25) is 9.69 Å². The average Bonchev–Trinajstić information content (AvgIpc) is 3.17. The summed E-state index contributed by atoms with van der Waals surface area (Å²) < 4.78 is 59.2. The van der Waals surface area contributed by atoms with Crippen molar-refractivity contribution >= 4 is 24.4 Å². The second-order valence-corrected chi connectivity index (χ2v) is 13.2. The summed E-state index contributed by atoms with van der Waals surface area (Å²) in [5.74, 6) is -0.911. The highest BCUT2D eigenvalue weighted by Gasteiger charge is 2.20. The molecular formula is C43H43ClF3N3O4. The number of piperazine rings is 1. The predicted molar refractivity (Wildman–Crippen MR) is 206 cm³/mol. The first kappa shape index (κ1) is 39.9. The normalized spacial score (nSPS) is 13.2. The molecule has 1 amide bonds. The standard InChI is InChI=1S/C43H42F3N3O4.ClH/c1-30(2)34-12-6-31(7-13-34)20-25-51-36-14-8-33(9-15-36)28-48-21-23-49(24-22-48)42(50)19-11-32-10-17-40(39(45)26-32)53-41-18-16-37(27-47-41)52-29-35-4-3-5-38(44)43(35)46;/h3-19,26-27,30H,20-25,28-29H2,1-2H3;1H. The van der Waals surface area contributed by atoms with E-state index in [2.05, 4.69) is 60.1 Å². The second kappa shape index (κ2) is 19.1. The van der Waals surface area contributed by atoms with Crippen LogP contribution in [0.3, 0.4) is 0 Å². The van der Waals surface area contributed by atoms with Crippen molar-refractivity contribution in [2.24, 2.45) is 0 Å². The quantitative estimate of drug-likeness (QED) is 0.105. The smallest absolute Gasteiger partial charge is 0.246 e. The topological polar surface area (TPSA) is 64.1 Å². The van der Waals surface area contributed by atoms with Crippen LogP contribution in [0, 0.1) is 17.5 Å². The van der Waals surface area contributed by atoms with Crippen molar-refractivity contribution in [2.75, 3.05) is 32.8 Å². The molecule has 7 nitrogen and oxygen atoms in total. The summed E-state index contributed by atoms with van der Waals surface area (Å²) in [5, 5.41) is 0. The fourth-order valence-electron chi connectivity index (χ4n) is 5.85. The molecule has 1 fully saturated rings. The number of amides is 1. The van der Waals surface area contributed by atoms with Gasteiger partial charge >= 0.3 is 0 Å². The molecule has 0 aliphatic carbocycles. The third kappa shape index (κ3) is 11.1. The summed E-state index contributed by atoms with van der Waals surface area (Å²) in [6, 6.07) is 28.2. The number of nitrogens with zero attached hydrogens (tertiary/aromatic N) is 3. The molecule has 54 heavy (non-hydrogen) atoms. The zero-order valence-corrected chi connectivity index (χ0v) is 31.0. The van der Waals surface area contributed by atoms with Gasteiger partial charge in [0.15, 0.2) is 23.2 Å². The summed E-state index contributed by atoms with van der Waals surface area (Å²) in [5.41, 5.74) is 4.37. The van der Waals surface area contributed by atoms with Crippen molar-refractivity contribution < 1.29 is 32.2 Å². The Morgan fingerprint density at radius 2 is 1.54 bits per heavy atom. The van der Waals surface area contributed by atoms with Gasteiger partial charge in [0.2, 0.25) is 11.8 Å². The predicted octanol–water partition coefficient (Wildman–Crippen LogP) is 9.39. The molecule has 0 N–H and O–H groups in total. The summed E-state index contributed by atoms with van der Waals surface area (Å²) in [6.45, 7) is 8.32. The van der Waals surface area contributed by atoms with Crippen LogP contribution in [0.5, 0.6) is 23.1 Å². The molecule has 1 aliphatic rings. The van der Waals surface area contributed by atoms with Gasteiger partial charge in [0.1, 0.15) is 18.1 Å². The Hall–Kier alpha value is -5.32. The third-order valence-electron chi connectivity index (χ3n) is 9.04. The first-order valence-corrected chi connectivity index (χ1v) is 17.7. The Labute approximate surface area is 320 Å². The minimum Gasteiger partial charge on any atom is -0.493 e. The molecule has 1 aromatic heterocycles. The van der Waals surface area contributed by atoms with E-state index in [1.165, 1.54) is 65.4 Å². The minimum atomic E-state index is -0.966. The fraction of sp³-hybridized carbons (Fsp3) is 0.256. The van der Waals surface area contributed by atoms with E-state index in [-0.39, 0.29) is 42.1 Å². The van der Waals surface area contributed by atoms with Gasteiger partial charge in [-0.05, 0) is 70.6 Å². The van der Waals surface area contributed by atoms with Gasteiger partial charge in [-0.15, -0.1) is 12.4 Å². The van der Waals surface area contributed by atoms with Gasteiger partial charge in [0.25, 0.3) is 0 Å². The van der Waals surface area contributed by atoms with Crippen LogP contribution < -0.4 is 14.2 Å². The Morgan fingerprint density at radius 3 is 2.22 bits per heavy atom. The van der Waals surface area contributed by atoms with Gasteiger partial charge in [-0.2, -0.15) is 0 Å². The fourth-order valence-corrected chi connectivity index (χ4v) is 5.85. The van der Waals surface area contributed by atoms with Crippen LogP contribution in [0.1, 0.15) is 47.6 Å². The number of benzene rings is 4. The number of pyridine rings is 1. The molecule has 0 unspecified atom stereocenters. The highest BCUT2D eigenvalue weighted by atomic mass is 35.5. The van der Waals surface area contributed by atoms with Crippen LogP contribution in [-0.4, -0.2) is 53.5 Å². The van der Waals surface area contributed by atoms with E-state index in [9.17, 15) is 18.0 Å². The summed E-state index contributed by atoms with van der Waals surface area (Å²) in [6.07, 6.45) is 5.24. The number of carbonyl (C=O) groups excluding carboxylic acids is 1. The number of aromatic nitrogens is 1. The van der Waals surface area contributed by atoms with Crippen molar-refractivity contribution in [1.82, 2.24) is 14.8 Å². The highest BCUT2D eigenvalue weighted by molar-refractivity contribution is 5.91. The lowest BCUT2D eigenvalue weighted by molar-refractivity contribution is -0.127. The average molecular weight is 758 g/mol. The van der Waals surface area contributed by atoms with E-state index >= 15 is 0 Å². The molecule has 1 aliphatic heterocycles. The molecule has 6 rings (SSSR count). The number of carbonyl (C=O) groups is 1. The van der Waals surface area contributed by atoms with E-state index in [1.807, 2.05) is 12.1 Å². The lowest BCUT2D eigenvalue weighted by atomic mass is 10.0. The lowest BCUT2D eigenvalue weighted by Gasteiger charge is -2.34.